The van der Waals surface area contributed by atoms with Crippen molar-refractivity contribution < 1.29 is 4.79 Å². The molecule has 6 nitrogen and oxygen atoms in total. The molecule has 1 saturated heterocycles. The number of amides is 1. The quantitative estimate of drug-likeness (QED) is 0.818. The number of hydrogen-bond acceptors (Lipinski definition) is 5. The highest BCUT2D eigenvalue weighted by Gasteiger charge is 2.20. The molecule has 0 aliphatic carbocycles. The van der Waals surface area contributed by atoms with Crippen LogP contribution in [0.25, 0.3) is 0 Å². The van der Waals surface area contributed by atoms with Crippen molar-refractivity contribution in [2.24, 2.45) is 17.6 Å². The lowest BCUT2D eigenvalue weighted by Gasteiger charge is -2.32. The number of anilines is 1. The first-order chi connectivity index (χ1) is 10.1. The van der Waals surface area contributed by atoms with Crippen LogP contribution in [0.5, 0.6) is 0 Å². The van der Waals surface area contributed by atoms with Gasteiger partial charge in [0.1, 0.15) is 0 Å². The predicted octanol–water partition coefficient (Wildman–Crippen LogP) is 1.04. The first-order valence-corrected chi connectivity index (χ1v) is 7.65. The van der Waals surface area contributed by atoms with Crippen molar-refractivity contribution >= 4 is 11.7 Å². The number of aromatic nitrogens is 2. The van der Waals surface area contributed by atoms with E-state index in [-0.39, 0.29) is 5.69 Å². The van der Waals surface area contributed by atoms with Crippen molar-refractivity contribution in [3.8, 4) is 0 Å². The number of nitrogens with one attached hydrogen (secondary N) is 1. The Morgan fingerprint density at radius 1 is 1.38 bits per heavy atom. The van der Waals surface area contributed by atoms with E-state index in [1.165, 1.54) is 0 Å². The second kappa shape index (κ2) is 7.36. The Kier molecular flexibility index (Phi) is 5.50. The largest absolute Gasteiger partial charge is 0.364 e. The van der Waals surface area contributed by atoms with E-state index < -0.39 is 5.91 Å². The minimum absolute atomic E-state index is 0.214. The maximum absolute atomic E-state index is 11.0. The van der Waals surface area contributed by atoms with Gasteiger partial charge in [-0.1, -0.05) is 13.8 Å². The summed E-state index contributed by atoms with van der Waals surface area (Å²) in [5.74, 6) is 1.72. The summed E-state index contributed by atoms with van der Waals surface area (Å²) in [6.07, 6.45) is 2.31. The summed E-state index contributed by atoms with van der Waals surface area (Å²) in [4.78, 5) is 13.2. The molecule has 1 aliphatic heterocycles. The molecule has 3 N–H and O–H groups in total. The summed E-state index contributed by atoms with van der Waals surface area (Å²) in [7, 11) is 0. The Morgan fingerprint density at radius 3 is 2.62 bits per heavy atom. The van der Waals surface area contributed by atoms with Gasteiger partial charge in [0.15, 0.2) is 11.5 Å². The number of rotatable bonds is 6. The lowest BCUT2D eigenvalue weighted by atomic mass is 9.96. The lowest BCUT2D eigenvalue weighted by molar-refractivity contribution is 0.0994. The van der Waals surface area contributed by atoms with Crippen LogP contribution in [0.2, 0.25) is 0 Å². The van der Waals surface area contributed by atoms with Gasteiger partial charge in [-0.25, -0.2) is 0 Å². The molecule has 1 aliphatic rings. The summed E-state index contributed by atoms with van der Waals surface area (Å²) in [5.41, 5.74) is 5.38. The third kappa shape index (κ3) is 4.67. The van der Waals surface area contributed by atoms with E-state index in [1.54, 1.807) is 6.07 Å². The average Bonchev–Trinajstić information content (AvgIpc) is 2.48. The standard InChI is InChI=1S/C15H25N5O/c1-11(2)9-17-10-12-5-7-20(8-6-12)14-4-3-13(15(16)21)18-19-14/h3-4,11-12,17H,5-10H2,1-2H3,(H2,16,21). The number of piperidine rings is 1. The van der Waals surface area contributed by atoms with Crippen LogP contribution < -0.4 is 16.0 Å². The van der Waals surface area contributed by atoms with Gasteiger partial charge in [-0.3, -0.25) is 4.79 Å². The molecule has 2 heterocycles. The van der Waals surface area contributed by atoms with Gasteiger partial charge in [-0.2, -0.15) is 0 Å². The van der Waals surface area contributed by atoms with Crippen LogP contribution in [0.15, 0.2) is 12.1 Å². The number of nitrogens with zero attached hydrogens (tertiary/aromatic N) is 3. The fourth-order valence-electron chi connectivity index (χ4n) is 2.57. The molecule has 21 heavy (non-hydrogen) atoms. The molecule has 0 saturated carbocycles. The molecule has 0 radical (unpaired) electrons. The van der Waals surface area contributed by atoms with Gasteiger partial charge >= 0.3 is 0 Å². The number of carbonyl (C=O) groups is 1. The Balaban J connectivity index is 1.79. The smallest absolute Gasteiger partial charge is 0.269 e. The fourth-order valence-corrected chi connectivity index (χ4v) is 2.57. The minimum Gasteiger partial charge on any atom is -0.364 e. The summed E-state index contributed by atoms with van der Waals surface area (Å²) in [6.45, 7) is 8.60. The van der Waals surface area contributed by atoms with Gasteiger partial charge in [0.05, 0.1) is 0 Å². The predicted molar refractivity (Wildman–Crippen MR) is 83.2 cm³/mol. The molecule has 116 valence electrons. The van der Waals surface area contributed by atoms with Crippen molar-refractivity contribution in [2.75, 3.05) is 31.1 Å². The van der Waals surface area contributed by atoms with E-state index in [4.69, 9.17) is 5.73 Å². The molecular formula is C15H25N5O. The minimum atomic E-state index is -0.538. The van der Waals surface area contributed by atoms with Crippen molar-refractivity contribution in [2.45, 2.75) is 26.7 Å². The number of nitrogens with two attached hydrogens (primary N) is 1. The molecular weight excluding hydrogens is 266 g/mol. The molecule has 0 unspecified atom stereocenters. The zero-order chi connectivity index (χ0) is 15.2. The van der Waals surface area contributed by atoms with Crippen LogP contribution in [0, 0.1) is 11.8 Å². The normalized spacial score (nSPS) is 16.4. The molecule has 1 fully saturated rings. The second-order valence-corrected chi connectivity index (χ2v) is 6.12. The first kappa shape index (κ1) is 15.7. The highest BCUT2D eigenvalue weighted by molar-refractivity contribution is 5.90. The Labute approximate surface area is 126 Å². The third-order valence-electron chi connectivity index (χ3n) is 3.83. The summed E-state index contributed by atoms with van der Waals surface area (Å²) in [5, 5.41) is 11.5. The van der Waals surface area contributed by atoms with Gasteiger partial charge in [0.25, 0.3) is 5.91 Å². The van der Waals surface area contributed by atoms with Crippen LogP contribution in [0.1, 0.15) is 37.2 Å². The van der Waals surface area contributed by atoms with E-state index in [9.17, 15) is 4.79 Å². The van der Waals surface area contributed by atoms with Gasteiger partial charge in [0, 0.05) is 13.1 Å². The average molecular weight is 291 g/mol. The van der Waals surface area contributed by atoms with Crippen molar-refractivity contribution in [1.29, 1.82) is 0 Å². The molecule has 0 aromatic carbocycles. The maximum Gasteiger partial charge on any atom is 0.269 e. The van der Waals surface area contributed by atoms with Crippen molar-refractivity contribution in [1.82, 2.24) is 15.5 Å². The molecule has 2 rings (SSSR count). The summed E-state index contributed by atoms with van der Waals surface area (Å²) >= 11 is 0. The van der Waals surface area contributed by atoms with Gasteiger partial charge in [-0.05, 0) is 49.9 Å². The molecule has 0 spiro atoms. The van der Waals surface area contributed by atoms with E-state index in [1.807, 2.05) is 6.07 Å². The first-order valence-electron chi connectivity index (χ1n) is 7.65. The van der Waals surface area contributed by atoms with Crippen LogP contribution >= 0.6 is 0 Å². The van der Waals surface area contributed by atoms with Crippen LogP contribution in [0.3, 0.4) is 0 Å². The molecule has 1 aromatic rings. The summed E-state index contributed by atoms with van der Waals surface area (Å²) < 4.78 is 0. The molecule has 1 amide bonds. The van der Waals surface area contributed by atoms with Crippen LogP contribution in [-0.2, 0) is 0 Å². The van der Waals surface area contributed by atoms with Crippen molar-refractivity contribution in [3.05, 3.63) is 17.8 Å². The Morgan fingerprint density at radius 2 is 2.10 bits per heavy atom. The number of carbonyl (C=O) groups excluding carboxylic acids is 1. The number of hydrogen-bond donors (Lipinski definition) is 2. The van der Waals surface area contributed by atoms with E-state index >= 15 is 0 Å². The Bertz CT molecular complexity index is 452. The second-order valence-electron chi connectivity index (χ2n) is 6.12. The summed E-state index contributed by atoms with van der Waals surface area (Å²) in [6, 6.07) is 3.46. The van der Waals surface area contributed by atoms with E-state index in [0.29, 0.717) is 5.92 Å². The fraction of sp³-hybridized carbons (Fsp3) is 0.667. The molecule has 0 atom stereocenters. The van der Waals surface area contributed by atoms with Gasteiger partial charge < -0.3 is 16.0 Å². The topological polar surface area (TPSA) is 84.1 Å². The third-order valence-corrected chi connectivity index (χ3v) is 3.83. The van der Waals surface area contributed by atoms with Crippen molar-refractivity contribution in [3.63, 3.8) is 0 Å². The van der Waals surface area contributed by atoms with Crippen LogP contribution in [-0.4, -0.2) is 42.3 Å². The van der Waals surface area contributed by atoms with E-state index in [2.05, 4.69) is 34.3 Å². The maximum atomic E-state index is 11.0. The van der Waals surface area contributed by atoms with E-state index in [0.717, 1.165) is 50.8 Å². The van der Waals surface area contributed by atoms with Gasteiger partial charge in [-0.15, -0.1) is 10.2 Å². The SMILES string of the molecule is CC(C)CNCC1CCN(c2ccc(C(N)=O)nn2)CC1. The molecule has 6 heteroatoms. The Hall–Kier alpha value is -1.69. The highest BCUT2D eigenvalue weighted by Crippen LogP contribution is 2.20. The highest BCUT2D eigenvalue weighted by atomic mass is 16.1. The zero-order valence-corrected chi connectivity index (χ0v) is 12.9. The molecule has 1 aromatic heterocycles. The molecule has 0 bridgehead atoms. The van der Waals surface area contributed by atoms with Gasteiger partial charge in [0.2, 0.25) is 0 Å². The monoisotopic (exact) mass is 291 g/mol. The zero-order valence-electron chi connectivity index (χ0n) is 12.9. The number of primary amides is 1. The van der Waals surface area contributed by atoms with Crippen LogP contribution in [0.4, 0.5) is 5.82 Å². The lowest BCUT2D eigenvalue weighted by Crippen LogP contribution is -2.38.